The Labute approximate surface area is 133 Å². The summed E-state index contributed by atoms with van der Waals surface area (Å²) in [5, 5.41) is 12.5. The molecule has 0 atom stereocenters. The minimum Gasteiger partial charge on any atom is -0.423 e. The Morgan fingerprint density at radius 2 is 1.95 bits per heavy atom. The number of aryl methyl sites for hydroxylation is 1. The zero-order valence-corrected chi connectivity index (χ0v) is 14.0. The van der Waals surface area contributed by atoms with Crippen LogP contribution in [0.1, 0.15) is 31.9 Å². The normalized spacial score (nSPS) is 10.4. The average molecular weight is 305 g/mol. The lowest BCUT2D eigenvalue weighted by Crippen LogP contribution is -2.18. The summed E-state index contributed by atoms with van der Waals surface area (Å²) in [4.78, 5) is 0. The number of hydrogen-bond acceptors (Lipinski definition) is 3. The molecule has 0 aromatic heterocycles. The fourth-order valence-corrected chi connectivity index (χ4v) is 1.79. The minimum atomic E-state index is -0.964. The van der Waals surface area contributed by atoms with E-state index in [9.17, 15) is 9.41 Å². The van der Waals surface area contributed by atoms with E-state index in [0.29, 0.717) is 16.9 Å². The molecule has 120 valence electrons. The van der Waals surface area contributed by atoms with Gasteiger partial charge in [0.1, 0.15) is 5.82 Å². The molecule has 0 saturated carbocycles. The van der Waals surface area contributed by atoms with Crippen LogP contribution in [0.4, 0.5) is 4.39 Å². The van der Waals surface area contributed by atoms with Crippen LogP contribution < -0.4 is 5.32 Å². The van der Waals surface area contributed by atoms with Crippen molar-refractivity contribution in [3.05, 3.63) is 65.5 Å². The van der Waals surface area contributed by atoms with Gasteiger partial charge in [0.25, 0.3) is 0 Å². The molecule has 1 aromatic rings. The molecular weight excluding hydrogens is 280 g/mol. The topological polar surface area (TPSA) is 41.5 Å². The summed E-state index contributed by atoms with van der Waals surface area (Å²) in [5.41, 5.74) is 3.39. The van der Waals surface area contributed by atoms with Crippen molar-refractivity contribution in [2.75, 3.05) is 7.11 Å². The first-order valence-corrected chi connectivity index (χ1v) is 7.15. The number of benzene rings is 1. The smallest absolute Gasteiger partial charge is 0.423 e. The molecule has 2 N–H and O–H groups in total. The SMILES string of the molecule is C=C(/C=C(\C)B(O)OC)NC(=C)c1ccc(F)cc1C.CC. The molecule has 0 saturated heterocycles. The van der Waals surface area contributed by atoms with Gasteiger partial charge in [0.05, 0.1) is 0 Å². The Hall–Kier alpha value is -1.85. The maximum atomic E-state index is 13.1. The van der Waals surface area contributed by atoms with E-state index in [4.69, 9.17) is 4.65 Å². The Morgan fingerprint density at radius 3 is 2.45 bits per heavy atom. The standard InChI is InChI=1S/C15H19BFNO2.C2H6/c1-10-8-14(17)6-7-15(10)13(4)18-12(3)9-11(2)16(19)20-5;1-2/h6-9,18-19H,3-4H2,1-2,5H3;1-2H3/b11-9+;. The predicted molar refractivity (Wildman–Crippen MR) is 92.5 cm³/mol. The van der Waals surface area contributed by atoms with Gasteiger partial charge < -0.3 is 15.0 Å². The van der Waals surface area contributed by atoms with E-state index in [2.05, 4.69) is 18.5 Å². The van der Waals surface area contributed by atoms with Crippen molar-refractivity contribution in [1.29, 1.82) is 0 Å². The summed E-state index contributed by atoms with van der Waals surface area (Å²) in [7, 11) is 0.452. The molecule has 0 heterocycles. The van der Waals surface area contributed by atoms with Crippen molar-refractivity contribution in [3.63, 3.8) is 0 Å². The Bertz CT molecular complexity index is 556. The lowest BCUT2D eigenvalue weighted by Gasteiger charge is -2.13. The highest BCUT2D eigenvalue weighted by Crippen LogP contribution is 2.17. The molecule has 0 unspecified atom stereocenters. The minimum absolute atomic E-state index is 0.281. The van der Waals surface area contributed by atoms with Gasteiger partial charge in [-0.2, -0.15) is 0 Å². The summed E-state index contributed by atoms with van der Waals surface area (Å²) >= 11 is 0. The van der Waals surface area contributed by atoms with Gasteiger partial charge in [-0.15, -0.1) is 0 Å². The van der Waals surface area contributed by atoms with Crippen molar-refractivity contribution in [1.82, 2.24) is 5.32 Å². The van der Waals surface area contributed by atoms with E-state index < -0.39 is 7.12 Å². The van der Waals surface area contributed by atoms with Gasteiger partial charge in [0.2, 0.25) is 0 Å². The van der Waals surface area contributed by atoms with Gasteiger partial charge >= 0.3 is 7.12 Å². The van der Waals surface area contributed by atoms with Crippen molar-refractivity contribution in [2.24, 2.45) is 0 Å². The van der Waals surface area contributed by atoms with Crippen LogP contribution in [0.2, 0.25) is 0 Å². The van der Waals surface area contributed by atoms with Gasteiger partial charge in [0, 0.05) is 24.1 Å². The zero-order valence-electron chi connectivity index (χ0n) is 14.0. The number of allylic oxidation sites excluding steroid dienone is 2. The van der Waals surface area contributed by atoms with Crippen LogP contribution >= 0.6 is 0 Å². The van der Waals surface area contributed by atoms with Crippen LogP contribution in [0.5, 0.6) is 0 Å². The van der Waals surface area contributed by atoms with E-state index >= 15 is 0 Å². The fourth-order valence-electron chi connectivity index (χ4n) is 1.79. The quantitative estimate of drug-likeness (QED) is 0.619. The molecule has 0 aliphatic carbocycles. The van der Waals surface area contributed by atoms with Crippen LogP contribution in [0.25, 0.3) is 5.70 Å². The summed E-state index contributed by atoms with van der Waals surface area (Å²) in [5.74, 6) is -0.281. The van der Waals surface area contributed by atoms with Gasteiger partial charge in [-0.05, 0) is 49.2 Å². The monoisotopic (exact) mass is 305 g/mol. The Morgan fingerprint density at radius 1 is 1.36 bits per heavy atom. The molecular formula is C17H25BFNO2. The average Bonchev–Trinajstić information content (AvgIpc) is 2.47. The van der Waals surface area contributed by atoms with Crippen molar-refractivity contribution in [2.45, 2.75) is 27.7 Å². The second kappa shape index (κ2) is 9.98. The maximum absolute atomic E-state index is 13.1. The van der Waals surface area contributed by atoms with Gasteiger partial charge in [-0.3, -0.25) is 0 Å². The van der Waals surface area contributed by atoms with Crippen LogP contribution in [0, 0.1) is 12.7 Å². The molecule has 3 nitrogen and oxygen atoms in total. The van der Waals surface area contributed by atoms with E-state index in [0.717, 1.165) is 11.1 Å². The first-order valence-electron chi connectivity index (χ1n) is 7.15. The zero-order chi connectivity index (χ0) is 17.3. The Balaban J connectivity index is 0.00000211. The lowest BCUT2D eigenvalue weighted by molar-refractivity contribution is 0.336. The second-order valence-electron chi connectivity index (χ2n) is 4.56. The van der Waals surface area contributed by atoms with Crippen LogP contribution in [0.15, 0.2) is 48.6 Å². The maximum Gasteiger partial charge on any atom is 0.486 e. The van der Waals surface area contributed by atoms with E-state index in [1.54, 1.807) is 19.1 Å². The molecule has 0 fully saturated rings. The van der Waals surface area contributed by atoms with Crippen molar-refractivity contribution in [3.8, 4) is 0 Å². The van der Waals surface area contributed by atoms with Crippen LogP contribution in [0.3, 0.4) is 0 Å². The molecule has 0 radical (unpaired) electrons. The summed E-state index contributed by atoms with van der Waals surface area (Å²) < 4.78 is 17.8. The number of halogens is 1. The molecule has 0 aliphatic rings. The van der Waals surface area contributed by atoms with E-state index in [1.165, 1.54) is 19.2 Å². The first-order chi connectivity index (χ1) is 10.3. The predicted octanol–water partition coefficient (Wildman–Crippen LogP) is 3.85. The van der Waals surface area contributed by atoms with Crippen LogP contribution in [-0.2, 0) is 4.65 Å². The highest BCUT2D eigenvalue weighted by atomic mass is 19.1. The van der Waals surface area contributed by atoms with Gasteiger partial charge in [0.15, 0.2) is 0 Å². The molecule has 1 aromatic carbocycles. The summed E-state index contributed by atoms with van der Waals surface area (Å²) in [6.45, 7) is 15.3. The molecule has 22 heavy (non-hydrogen) atoms. The van der Waals surface area contributed by atoms with E-state index in [-0.39, 0.29) is 5.82 Å². The van der Waals surface area contributed by atoms with Crippen molar-refractivity contribution < 1.29 is 14.1 Å². The molecule has 5 heteroatoms. The third kappa shape index (κ3) is 6.29. The first kappa shape index (κ1) is 20.2. The third-order valence-electron chi connectivity index (χ3n) is 2.84. The molecule has 0 aliphatic heterocycles. The highest BCUT2D eigenvalue weighted by molar-refractivity contribution is 6.52. The van der Waals surface area contributed by atoms with Crippen molar-refractivity contribution >= 4 is 12.8 Å². The number of hydrogen-bond donors (Lipinski definition) is 2. The second-order valence-corrected chi connectivity index (χ2v) is 4.56. The largest absolute Gasteiger partial charge is 0.486 e. The summed E-state index contributed by atoms with van der Waals surface area (Å²) in [6, 6.07) is 4.49. The summed E-state index contributed by atoms with van der Waals surface area (Å²) in [6.07, 6.45) is 1.66. The van der Waals surface area contributed by atoms with Crippen LogP contribution in [-0.4, -0.2) is 19.3 Å². The van der Waals surface area contributed by atoms with Gasteiger partial charge in [-0.25, -0.2) is 4.39 Å². The third-order valence-corrected chi connectivity index (χ3v) is 2.84. The number of nitrogens with one attached hydrogen (secondary N) is 1. The Kier molecular flexibility index (Phi) is 9.14. The number of rotatable bonds is 6. The molecule has 1 rings (SSSR count). The van der Waals surface area contributed by atoms with Gasteiger partial charge in [-0.1, -0.05) is 27.0 Å². The van der Waals surface area contributed by atoms with E-state index in [1.807, 2.05) is 20.8 Å². The fraction of sp³-hybridized carbons (Fsp3) is 0.294. The molecule has 0 bridgehead atoms. The highest BCUT2D eigenvalue weighted by Gasteiger charge is 2.13. The lowest BCUT2D eigenvalue weighted by atomic mass is 9.79. The molecule has 0 spiro atoms. The molecule has 0 amide bonds.